The van der Waals surface area contributed by atoms with Crippen LogP contribution in [0.3, 0.4) is 0 Å². The number of esters is 1. The molecule has 1 unspecified atom stereocenters. The fourth-order valence-corrected chi connectivity index (χ4v) is 6.06. The lowest BCUT2D eigenvalue weighted by atomic mass is 10.1. The molecule has 8 nitrogen and oxygen atoms in total. The van der Waals surface area contributed by atoms with Crippen LogP contribution in [-0.4, -0.2) is 43.8 Å². The number of ether oxygens (including phenoxy) is 1. The van der Waals surface area contributed by atoms with Gasteiger partial charge in [-0.2, -0.15) is 9.57 Å². The summed E-state index contributed by atoms with van der Waals surface area (Å²) in [6.07, 6.45) is 0.768. The third kappa shape index (κ3) is 4.46. The van der Waals surface area contributed by atoms with Crippen LogP contribution in [0.2, 0.25) is 0 Å². The second-order valence-electron chi connectivity index (χ2n) is 6.81. The van der Waals surface area contributed by atoms with Gasteiger partial charge in [-0.15, -0.1) is 11.3 Å². The smallest absolute Gasteiger partial charge is 0.348 e. The number of carbonyl (C=O) groups is 2. The number of nitrogens with zero attached hydrogens (tertiary/aromatic N) is 2. The zero-order valence-corrected chi connectivity index (χ0v) is 18.5. The third-order valence-corrected chi connectivity index (χ3v) is 7.99. The first kappa shape index (κ1) is 22.9. The number of anilines is 1. The summed E-state index contributed by atoms with van der Waals surface area (Å²) in [7, 11) is -4.01. The standard InChI is InChI=1S/C20H20FN3O5S2/c1-3-29-20(26)17-12(2)15(11-22)19(30-17)23-18(25)16-5-4-10-24(16)31(27,28)14-8-6-13(21)7-9-14/h6-9,16H,3-5,10H2,1-2H3,(H,23,25). The average Bonchev–Trinajstić information content (AvgIpc) is 3.34. The summed E-state index contributed by atoms with van der Waals surface area (Å²) in [6.45, 7) is 3.54. The largest absolute Gasteiger partial charge is 0.462 e. The lowest BCUT2D eigenvalue weighted by Gasteiger charge is -2.23. The number of hydrogen-bond acceptors (Lipinski definition) is 7. The molecule has 1 atom stereocenters. The number of nitriles is 1. The quantitative estimate of drug-likeness (QED) is 0.656. The summed E-state index contributed by atoms with van der Waals surface area (Å²) < 4.78 is 45.2. The molecule has 0 aliphatic carbocycles. The molecule has 31 heavy (non-hydrogen) atoms. The number of halogens is 1. The predicted octanol–water partition coefficient (Wildman–Crippen LogP) is 3.04. The number of hydrogen-bond donors (Lipinski definition) is 1. The van der Waals surface area contributed by atoms with Crippen LogP contribution in [0.15, 0.2) is 29.2 Å². The van der Waals surface area contributed by atoms with Gasteiger partial charge in [0.25, 0.3) is 0 Å². The van der Waals surface area contributed by atoms with Crippen LogP contribution >= 0.6 is 11.3 Å². The molecule has 2 aromatic rings. The Bertz CT molecular complexity index is 1150. The molecule has 1 aliphatic rings. The molecule has 3 rings (SSSR count). The van der Waals surface area contributed by atoms with Gasteiger partial charge < -0.3 is 10.1 Å². The van der Waals surface area contributed by atoms with Crippen molar-refractivity contribution in [1.29, 1.82) is 5.26 Å². The maximum atomic E-state index is 13.2. The minimum absolute atomic E-state index is 0.108. The Balaban J connectivity index is 1.86. The first-order chi connectivity index (χ1) is 14.7. The Kier molecular flexibility index (Phi) is 6.74. The average molecular weight is 466 g/mol. The van der Waals surface area contributed by atoms with Crippen molar-refractivity contribution >= 4 is 38.2 Å². The van der Waals surface area contributed by atoms with Crippen molar-refractivity contribution in [2.75, 3.05) is 18.5 Å². The van der Waals surface area contributed by atoms with Crippen LogP contribution in [-0.2, 0) is 19.6 Å². The van der Waals surface area contributed by atoms with Crippen LogP contribution in [0.4, 0.5) is 9.39 Å². The van der Waals surface area contributed by atoms with Gasteiger partial charge in [-0.3, -0.25) is 4.79 Å². The van der Waals surface area contributed by atoms with Gasteiger partial charge >= 0.3 is 5.97 Å². The van der Waals surface area contributed by atoms with E-state index in [4.69, 9.17) is 4.74 Å². The number of thiophene rings is 1. The highest BCUT2D eigenvalue weighted by molar-refractivity contribution is 7.89. The fourth-order valence-electron chi connectivity index (χ4n) is 3.35. The molecule has 1 aliphatic heterocycles. The van der Waals surface area contributed by atoms with Crippen molar-refractivity contribution in [3.63, 3.8) is 0 Å². The van der Waals surface area contributed by atoms with Gasteiger partial charge in [0, 0.05) is 6.54 Å². The Morgan fingerprint density at radius 3 is 2.65 bits per heavy atom. The van der Waals surface area contributed by atoms with E-state index in [1.54, 1.807) is 13.8 Å². The lowest BCUT2D eigenvalue weighted by molar-refractivity contribution is -0.119. The second-order valence-corrected chi connectivity index (χ2v) is 9.72. The van der Waals surface area contributed by atoms with Crippen molar-refractivity contribution in [3.05, 3.63) is 46.1 Å². The molecule has 0 radical (unpaired) electrons. The monoisotopic (exact) mass is 465 g/mol. The van der Waals surface area contributed by atoms with Crippen molar-refractivity contribution in [1.82, 2.24) is 4.31 Å². The minimum atomic E-state index is -4.01. The first-order valence-corrected chi connectivity index (χ1v) is 11.7. The summed E-state index contributed by atoms with van der Waals surface area (Å²) >= 11 is 0.914. The molecule has 2 heterocycles. The van der Waals surface area contributed by atoms with E-state index < -0.39 is 33.8 Å². The third-order valence-electron chi connectivity index (χ3n) is 4.88. The van der Waals surface area contributed by atoms with E-state index in [2.05, 4.69) is 5.32 Å². The number of amides is 1. The Hall–Kier alpha value is -2.81. The number of rotatable bonds is 6. The molecule has 1 aromatic carbocycles. The van der Waals surface area contributed by atoms with Gasteiger partial charge in [-0.05, 0) is 56.5 Å². The summed E-state index contributed by atoms with van der Waals surface area (Å²) in [5.74, 6) is -1.76. The van der Waals surface area contributed by atoms with Crippen LogP contribution in [0.1, 0.15) is 40.6 Å². The van der Waals surface area contributed by atoms with Gasteiger partial charge in [-0.25, -0.2) is 17.6 Å². The minimum Gasteiger partial charge on any atom is -0.462 e. The van der Waals surface area contributed by atoms with E-state index in [1.165, 1.54) is 0 Å². The molecule has 11 heteroatoms. The molecule has 1 N–H and O–H groups in total. The van der Waals surface area contributed by atoms with Gasteiger partial charge in [0.2, 0.25) is 15.9 Å². The molecule has 1 fully saturated rings. The van der Waals surface area contributed by atoms with Crippen LogP contribution in [0, 0.1) is 24.1 Å². The Morgan fingerprint density at radius 1 is 1.35 bits per heavy atom. The van der Waals surface area contributed by atoms with Crippen LogP contribution in [0.5, 0.6) is 0 Å². The number of carbonyl (C=O) groups excluding carboxylic acids is 2. The number of nitrogens with one attached hydrogen (secondary N) is 1. The highest BCUT2D eigenvalue weighted by Gasteiger charge is 2.40. The van der Waals surface area contributed by atoms with Crippen molar-refractivity contribution in [2.24, 2.45) is 0 Å². The zero-order chi connectivity index (χ0) is 22.8. The van der Waals surface area contributed by atoms with Crippen molar-refractivity contribution in [2.45, 2.75) is 37.6 Å². The SMILES string of the molecule is CCOC(=O)c1sc(NC(=O)C2CCCN2S(=O)(=O)c2ccc(F)cc2)c(C#N)c1C. The number of sulfonamides is 1. The molecule has 164 valence electrons. The highest BCUT2D eigenvalue weighted by atomic mass is 32.2. The summed E-state index contributed by atoms with van der Waals surface area (Å²) in [6, 6.07) is 5.37. The first-order valence-electron chi connectivity index (χ1n) is 9.49. The molecule has 1 aromatic heterocycles. The zero-order valence-electron chi connectivity index (χ0n) is 16.8. The molecular weight excluding hydrogens is 445 g/mol. The van der Waals surface area contributed by atoms with Gasteiger partial charge in [0.15, 0.2) is 0 Å². The van der Waals surface area contributed by atoms with E-state index in [-0.39, 0.29) is 33.5 Å². The maximum Gasteiger partial charge on any atom is 0.348 e. The fraction of sp³-hybridized carbons (Fsp3) is 0.350. The van der Waals surface area contributed by atoms with E-state index in [9.17, 15) is 27.7 Å². The van der Waals surface area contributed by atoms with E-state index in [0.29, 0.717) is 18.4 Å². The molecular formula is C20H20FN3O5S2. The molecule has 0 bridgehead atoms. The normalized spacial score (nSPS) is 16.6. The Labute approximate surface area is 183 Å². The number of benzene rings is 1. The van der Waals surface area contributed by atoms with Gasteiger partial charge in [0.1, 0.15) is 27.8 Å². The van der Waals surface area contributed by atoms with Crippen molar-refractivity contribution < 1.29 is 27.1 Å². The maximum absolute atomic E-state index is 13.2. The predicted molar refractivity (Wildman–Crippen MR) is 112 cm³/mol. The summed E-state index contributed by atoms with van der Waals surface area (Å²) in [5, 5.41) is 12.2. The van der Waals surface area contributed by atoms with Gasteiger partial charge in [0.05, 0.1) is 17.1 Å². The Morgan fingerprint density at radius 2 is 2.03 bits per heavy atom. The van der Waals surface area contributed by atoms with E-state index in [1.807, 2.05) is 6.07 Å². The second kappa shape index (κ2) is 9.13. The molecule has 1 saturated heterocycles. The summed E-state index contributed by atoms with van der Waals surface area (Å²) in [4.78, 5) is 25.1. The molecule has 0 saturated carbocycles. The van der Waals surface area contributed by atoms with Crippen molar-refractivity contribution in [3.8, 4) is 6.07 Å². The highest BCUT2D eigenvalue weighted by Crippen LogP contribution is 2.34. The molecule has 1 amide bonds. The van der Waals surface area contributed by atoms with Gasteiger partial charge in [-0.1, -0.05) is 0 Å². The lowest BCUT2D eigenvalue weighted by Crippen LogP contribution is -2.43. The van der Waals surface area contributed by atoms with Crippen LogP contribution in [0.25, 0.3) is 0 Å². The van der Waals surface area contributed by atoms with E-state index >= 15 is 0 Å². The van der Waals surface area contributed by atoms with Crippen LogP contribution < -0.4 is 5.32 Å². The topological polar surface area (TPSA) is 117 Å². The summed E-state index contributed by atoms with van der Waals surface area (Å²) in [5.41, 5.74) is 0.524. The van der Waals surface area contributed by atoms with E-state index in [0.717, 1.165) is 39.9 Å². The molecule has 0 spiro atoms.